The van der Waals surface area contributed by atoms with Crippen molar-refractivity contribution >= 4 is 39.3 Å². The topological polar surface area (TPSA) is 58.6 Å². The molecule has 1 N–H and O–H groups in total. The Labute approximate surface area is 185 Å². The summed E-state index contributed by atoms with van der Waals surface area (Å²) in [6.07, 6.45) is 0.496. The lowest BCUT2D eigenvalue weighted by Crippen LogP contribution is -2.51. The van der Waals surface area contributed by atoms with Crippen LogP contribution in [0.15, 0.2) is 53.0 Å². The van der Waals surface area contributed by atoms with E-state index in [9.17, 15) is 9.59 Å². The fraction of sp³-hybridized carbons (Fsp3) is 0.364. The summed E-state index contributed by atoms with van der Waals surface area (Å²) in [6.45, 7) is 5.79. The Bertz CT molecular complexity index is 830. The molecule has 29 heavy (non-hydrogen) atoms. The molecule has 0 aromatic heterocycles. The highest BCUT2D eigenvalue weighted by Crippen LogP contribution is 2.27. The van der Waals surface area contributed by atoms with Gasteiger partial charge in [-0.3, -0.25) is 9.59 Å². The molecular weight excluding hydrogens is 456 g/mol. The maximum Gasteiger partial charge on any atom is 0.261 e. The minimum Gasteiger partial charge on any atom is -0.482 e. The van der Waals surface area contributed by atoms with Crippen LogP contribution in [0.3, 0.4) is 0 Å². The first-order valence-corrected chi connectivity index (χ1v) is 10.7. The van der Waals surface area contributed by atoms with Gasteiger partial charge < -0.3 is 15.0 Å². The highest BCUT2D eigenvalue weighted by molar-refractivity contribution is 9.10. The molecule has 0 radical (unpaired) electrons. The summed E-state index contributed by atoms with van der Waals surface area (Å²) in [7, 11) is 0. The SMILES string of the molecule is CC[C@@H](C(=O)NC(C)C)N(Cc1ccccc1)C(=O)COc1ccc(Br)cc1Cl. The third kappa shape index (κ3) is 7.05. The zero-order chi connectivity index (χ0) is 21.4. The third-order valence-electron chi connectivity index (χ3n) is 4.26. The van der Waals surface area contributed by atoms with Crippen LogP contribution in [-0.4, -0.2) is 35.4 Å². The largest absolute Gasteiger partial charge is 0.482 e. The van der Waals surface area contributed by atoms with Gasteiger partial charge in [0.2, 0.25) is 5.91 Å². The summed E-state index contributed by atoms with van der Waals surface area (Å²) in [5.41, 5.74) is 0.943. The van der Waals surface area contributed by atoms with Crippen molar-refractivity contribution in [1.82, 2.24) is 10.2 Å². The van der Waals surface area contributed by atoms with E-state index in [0.717, 1.165) is 10.0 Å². The second kappa shape index (κ2) is 11.2. The molecule has 2 aromatic carbocycles. The third-order valence-corrected chi connectivity index (χ3v) is 5.05. The summed E-state index contributed by atoms with van der Waals surface area (Å²) in [4.78, 5) is 27.3. The molecule has 0 unspecified atom stereocenters. The Kier molecular flexibility index (Phi) is 8.99. The average molecular weight is 482 g/mol. The fourth-order valence-electron chi connectivity index (χ4n) is 2.89. The van der Waals surface area contributed by atoms with Crippen molar-refractivity contribution in [2.24, 2.45) is 0 Å². The van der Waals surface area contributed by atoms with Gasteiger partial charge in [0.15, 0.2) is 6.61 Å². The van der Waals surface area contributed by atoms with E-state index in [0.29, 0.717) is 23.7 Å². The van der Waals surface area contributed by atoms with Gasteiger partial charge in [0.05, 0.1) is 5.02 Å². The van der Waals surface area contributed by atoms with Crippen LogP contribution < -0.4 is 10.1 Å². The van der Waals surface area contributed by atoms with Gasteiger partial charge in [-0.05, 0) is 44.0 Å². The second-order valence-electron chi connectivity index (χ2n) is 6.96. The smallest absolute Gasteiger partial charge is 0.261 e. The van der Waals surface area contributed by atoms with Crippen LogP contribution in [0.1, 0.15) is 32.8 Å². The average Bonchev–Trinajstić information content (AvgIpc) is 2.67. The van der Waals surface area contributed by atoms with E-state index in [4.69, 9.17) is 16.3 Å². The molecule has 0 aliphatic rings. The number of carbonyl (C=O) groups excluding carboxylic acids is 2. The molecule has 0 aliphatic heterocycles. The van der Waals surface area contributed by atoms with Crippen LogP contribution in [0.2, 0.25) is 5.02 Å². The highest BCUT2D eigenvalue weighted by Gasteiger charge is 2.29. The van der Waals surface area contributed by atoms with Gasteiger partial charge in [0.1, 0.15) is 11.8 Å². The van der Waals surface area contributed by atoms with Crippen LogP contribution in [-0.2, 0) is 16.1 Å². The number of benzene rings is 2. The minimum absolute atomic E-state index is 0.0111. The molecule has 0 heterocycles. The van der Waals surface area contributed by atoms with Gasteiger partial charge in [0.25, 0.3) is 5.91 Å². The van der Waals surface area contributed by atoms with Crippen molar-refractivity contribution in [2.45, 2.75) is 45.8 Å². The summed E-state index contributed by atoms with van der Waals surface area (Å²) in [6, 6.07) is 14.2. The number of rotatable bonds is 9. The van der Waals surface area contributed by atoms with Crippen molar-refractivity contribution in [3.05, 3.63) is 63.6 Å². The molecule has 0 bridgehead atoms. The molecule has 0 aliphatic carbocycles. The zero-order valence-electron chi connectivity index (χ0n) is 16.8. The number of carbonyl (C=O) groups is 2. The number of nitrogens with zero attached hydrogens (tertiary/aromatic N) is 1. The van der Waals surface area contributed by atoms with Crippen molar-refractivity contribution in [2.75, 3.05) is 6.61 Å². The van der Waals surface area contributed by atoms with E-state index >= 15 is 0 Å². The van der Waals surface area contributed by atoms with Crippen molar-refractivity contribution in [3.8, 4) is 5.75 Å². The number of ether oxygens (including phenoxy) is 1. The first kappa shape index (κ1) is 23.2. The summed E-state index contributed by atoms with van der Waals surface area (Å²) < 4.78 is 6.47. The van der Waals surface area contributed by atoms with E-state index in [2.05, 4.69) is 21.2 Å². The normalized spacial score (nSPS) is 11.8. The number of hydrogen-bond acceptors (Lipinski definition) is 3. The Morgan fingerprint density at radius 1 is 1.17 bits per heavy atom. The highest BCUT2D eigenvalue weighted by atomic mass is 79.9. The molecule has 5 nitrogen and oxygen atoms in total. The first-order valence-electron chi connectivity index (χ1n) is 9.53. The lowest BCUT2D eigenvalue weighted by molar-refractivity contribution is -0.143. The van der Waals surface area contributed by atoms with Crippen LogP contribution in [0.25, 0.3) is 0 Å². The molecule has 2 amide bonds. The van der Waals surface area contributed by atoms with Crippen molar-refractivity contribution in [1.29, 1.82) is 0 Å². The number of amides is 2. The molecule has 7 heteroatoms. The van der Waals surface area contributed by atoms with E-state index in [1.54, 1.807) is 23.1 Å². The van der Waals surface area contributed by atoms with Gasteiger partial charge in [-0.15, -0.1) is 0 Å². The molecule has 0 saturated heterocycles. The molecular formula is C22H26BrClN2O3. The Balaban J connectivity index is 2.20. The maximum atomic E-state index is 13.1. The number of nitrogens with one attached hydrogen (secondary N) is 1. The van der Waals surface area contributed by atoms with Gasteiger partial charge in [-0.25, -0.2) is 0 Å². The van der Waals surface area contributed by atoms with E-state index in [1.807, 2.05) is 51.1 Å². The first-order chi connectivity index (χ1) is 13.8. The fourth-order valence-corrected chi connectivity index (χ4v) is 3.62. The van der Waals surface area contributed by atoms with Crippen LogP contribution in [0, 0.1) is 0 Å². The molecule has 0 spiro atoms. The minimum atomic E-state index is -0.589. The number of halogens is 2. The van der Waals surface area contributed by atoms with E-state index in [-0.39, 0.29) is 24.5 Å². The predicted molar refractivity (Wildman–Crippen MR) is 119 cm³/mol. The molecule has 2 aromatic rings. The lowest BCUT2D eigenvalue weighted by Gasteiger charge is -2.31. The maximum absolute atomic E-state index is 13.1. The summed E-state index contributed by atoms with van der Waals surface area (Å²) in [5, 5.41) is 3.31. The van der Waals surface area contributed by atoms with Crippen LogP contribution in [0.4, 0.5) is 0 Å². The van der Waals surface area contributed by atoms with Crippen molar-refractivity contribution in [3.63, 3.8) is 0 Å². The molecule has 0 saturated carbocycles. The monoisotopic (exact) mass is 480 g/mol. The van der Waals surface area contributed by atoms with E-state index < -0.39 is 6.04 Å². The van der Waals surface area contributed by atoms with Crippen LogP contribution in [0.5, 0.6) is 5.75 Å². The quantitative estimate of drug-likeness (QED) is 0.559. The predicted octanol–water partition coefficient (Wildman–Crippen LogP) is 4.81. The van der Waals surface area contributed by atoms with Gasteiger partial charge >= 0.3 is 0 Å². The second-order valence-corrected chi connectivity index (χ2v) is 8.28. The molecule has 2 rings (SSSR count). The van der Waals surface area contributed by atoms with Gasteiger partial charge in [-0.1, -0.05) is 64.8 Å². The standard InChI is InChI=1S/C22H26BrClN2O3/c1-4-19(22(28)25-15(2)3)26(13-16-8-6-5-7-9-16)21(27)14-29-20-11-10-17(23)12-18(20)24/h5-12,15,19H,4,13-14H2,1-3H3,(H,25,28)/t19-/m0/s1. The number of hydrogen-bond donors (Lipinski definition) is 1. The summed E-state index contributed by atoms with van der Waals surface area (Å²) in [5.74, 6) is -0.0328. The van der Waals surface area contributed by atoms with E-state index in [1.165, 1.54) is 0 Å². The molecule has 156 valence electrons. The summed E-state index contributed by atoms with van der Waals surface area (Å²) >= 11 is 9.52. The molecule has 1 atom stereocenters. The zero-order valence-corrected chi connectivity index (χ0v) is 19.2. The Morgan fingerprint density at radius 3 is 2.45 bits per heavy atom. The Hall–Kier alpha value is -2.05. The lowest BCUT2D eigenvalue weighted by atomic mass is 10.1. The van der Waals surface area contributed by atoms with Crippen LogP contribution >= 0.6 is 27.5 Å². The van der Waals surface area contributed by atoms with Crippen molar-refractivity contribution < 1.29 is 14.3 Å². The van der Waals surface area contributed by atoms with Gasteiger partial charge in [-0.2, -0.15) is 0 Å². The Morgan fingerprint density at radius 2 is 1.86 bits per heavy atom. The van der Waals surface area contributed by atoms with Gasteiger partial charge in [0, 0.05) is 17.1 Å². The molecule has 0 fully saturated rings.